The Balaban J connectivity index is 1.49. The quantitative estimate of drug-likeness (QED) is 0.756. The zero-order valence-electron chi connectivity index (χ0n) is 16.4. The number of carbonyl (C=O) groups is 1. The molecular formula is C21H27ClN4OS. The van der Waals surface area contributed by atoms with Crippen LogP contribution in [0.25, 0.3) is 0 Å². The molecule has 2 fully saturated rings. The smallest absolute Gasteiger partial charge is 0.236 e. The normalized spacial score (nSPS) is 28.6. The molecule has 1 aromatic carbocycles. The van der Waals surface area contributed by atoms with Gasteiger partial charge < -0.3 is 4.90 Å². The molecule has 2 aromatic rings. The van der Waals surface area contributed by atoms with Gasteiger partial charge in [-0.05, 0) is 47.5 Å². The molecular weight excluding hydrogens is 392 g/mol. The first-order valence-electron chi connectivity index (χ1n) is 10.0. The van der Waals surface area contributed by atoms with E-state index >= 15 is 0 Å². The van der Waals surface area contributed by atoms with Crippen molar-refractivity contribution in [3.8, 4) is 0 Å². The molecule has 28 heavy (non-hydrogen) atoms. The van der Waals surface area contributed by atoms with E-state index in [1.807, 2.05) is 22.4 Å². The number of hydrogen-bond donors (Lipinski definition) is 0. The average molecular weight is 419 g/mol. The third-order valence-corrected chi connectivity index (χ3v) is 6.81. The summed E-state index contributed by atoms with van der Waals surface area (Å²) in [5.74, 6) is 1.95. The number of benzene rings is 1. The van der Waals surface area contributed by atoms with Gasteiger partial charge in [-0.15, -0.1) is 5.10 Å². The van der Waals surface area contributed by atoms with Crippen LogP contribution in [0.2, 0.25) is 5.02 Å². The maximum Gasteiger partial charge on any atom is 0.236 e. The van der Waals surface area contributed by atoms with Gasteiger partial charge in [-0.2, -0.15) is 0 Å². The van der Waals surface area contributed by atoms with Crippen LogP contribution in [-0.4, -0.2) is 58.0 Å². The van der Waals surface area contributed by atoms with Gasteiger partial charge in [-0.1, -0.05) is 42.1 Å². The zero-order chi connectivity index (χ0) is 19.7. The summed E-state index contributed by atoms with van der Waals surface area (Å²) in [6.07, 6.45) is 1.26. The van der Waals surface area contributed by atoms with Crippen LogP contribution in [0.15, 0.2) is 29.6 Å². The fraction of sp³-hybridized carbons (Fsp3) is 0.571. The second kappa shape index (κ2) is 8.47. The number of piperidine rings is 1. The summed E-state index contributed by atoms with van der Waals surface area (Å²) < 4.78 is 4.05. The van der Waals surface area contributed by atoms with E-state index in [9.17, 15) is 4.79 Å². The fourth-order valence-electron chi connectivity index (χ4n) is 4.90. The highest BCUT2D eigenvalue weighted by molar-refractivity contribution is 7.03. The third kappa shape index (κ3) is 4.39. The number of halogens is 1. The Kier molecular flexibility index (Phi) is 5.99. The molecule has 3 heterocycles. The molecule has 4 rings (SSSR count). The number of likely N-dealkylation sites (tertiary alicyclic amines) is 2. The molecule has 0 saturated carbocycles. The molecule has 0 aliphatic carbocycles. The zero-order valence-corrected chi connectivity index (χ0v) is 18.0. The molecule has 2 aliphatic rings. The van der Waals surface area contributed by atoms with Crippen LogP contribution in [-0.2, 0) is 4.79 Å². The maximum absolute atomic E-state index is 13.1. The molecule has 1 amide bonds. The van der Waals surface area contributed by atoms with Gasteiger partial charge in [0.25, 0.3) is 0 Å². The lowest BCUT2D eigenvalue weighted by Crippen LogP contribution is -2.45. The Morgan fingerprint density at radius 1 is 1.11 bits per heavy atom. The molecule has 0 spiro atoms. The van der Waals surface area contributed by atoms with Crippen molar-refractivity contribution in [1.29, 1.82) is 0 Å². The predicted octanol–water partition coefficient (Wildman–Crippen LogP) is 3.88. The lowest BCUT2D eigenvalue weighted by Gasteiger charge is -2.35. The number of carbonyl (C=O) groups excluding carboxylic acids is 1. The lowest BCUT2D eigenvalue weighted by molar-refractivity contribution is -0.132. The van der Waals surface area contributed by atoms with Crippen molar-refractivity contribution >= 4 is 29.0 Å². The molecule has 2 aliphatic heterocycles. The van der Waals surface area contributed by atoms with Crippen molar-refractivity contribution in [2.75, 3.05) is 32.7 Å². The molecule has 0 radical (unpaired) electrons. The first-order valence-corrected chi connectivity index (χ1v) is 11.2. The first kappa shape index (κ1) is 19.8. The van der Waals surface area contributed by atoms with Crippen molar-refractivity contribution in [1.82, 2.24) is 19.4 Å². The van der Waals surface area contributed by atoms with E-state index in [4.69, 9.17) is 11.6 Å². The summed E-state index contributed by atoms with van der Waals surface area (Å²) in [4.78, 5) is 17.5. The lowest BCUT2D eigenvalue weighted by atomic mass is 9.87. The standard InChI is InChI=1S/C21H27ClN4OS/c1-14-7-15(2)9-25(8-14)12-21(27)26-10-18(16-3-5-17(22)6-4-16)19(11-26)20-13-28-24-23-20/h3-6,13-15,18-19H,7-12H2,1-2H3/t14-,15+,18-,19+/m1/s1. The topological polar surface area (TPSA) is 49.3 Å². The minimum Gasteiger partial charge on any atom is -0.340 e. The summed E-state index contributed by atoms with van der Waals surface area (Å²) in [6.45, 7) is 8.55. The van der Waals surface area contributed by atoms with E-state index in [0.29, 0.717) is 24.9 Å². The summed E-state index contributed by atoms with van der Waals surface area (Å²) in [6, 6.07) is 7.99. The van der Waals surface area contributed by atoms with Gasteiger partial charge >= 0.3 is 0 Å². The monoisotopic (exact) mass is 418 g/mol. The van der Waals surface area contributed by atoms with Crippen LogP contribution in [0.3, 0.4) is 0 Å². The van der Waals surface area contributed by atoms with E-state index in [2.05, 4.69) is 40.5 Å². The van der Waals surface area contributed by atoms with Gasteiger partial charge in [-0.25, -0.2) is 0 Å². The predicted molar refractivity (Wildman–Crippen MR) is 113 cm³/mol. The van der Waals surface area contributed by atoms with Gasteiger partial charge in [-0.3, -0.25) is 9.69 Å². The number of nitrogens with zero attached hydrogens (tertiary/aromatic N) is 4. The third-order valence-electron chi connectivity index (χ3n) is 6.03. The van der Waals surface area contributed by atoms with E-state index in [1.165, 1.54) is 23.5 Å². The van der Waals surface area contributed by atoms with Gasteiger partial charge in [0.15, 0.2) is 0 Å². The number of amides is 1. The Morgan fingerprint density at radius 2 is 1.79 bits per heavy atom. The summed E-state index contributed by atoms with van der Waals surface area (Å²) >= 11 is 7.45. The van der Waals surface area contributed by atoms with Crippen molar-refractivity contribution < 1.29 is 4.79 Å². The van der Waals surface area contributed by atoms with E-state index in [-0.39, 0.29) is 17.7 Å². The minimum atomic E-state index is 0.183. The van der Waals surface area contributed by atoms with Gasteiger partial charge in [0, 0.05) is 48.4 Å². The SMILES string of the molecule is C[C@@H]1C[C@H](C)CN(CC(=O)N2C[C@H](c3ccc(Cl)cc3)[C@@H](c3csnn3)C2)C1. The Bertz CT molecular complexity index is 787. The van der Waals surface area contributed by atoms with Gasteiger partial charge in [0.2, 0.25) is 5.91 Å². The molecule has 150 valence electrons. The largest absolute Gasteiger partial charge is 0.340 e. The van der Waals surface area contributed by atoms with Crippen molar-refractivity contribution in [2.45, 2.75) is 32.1 Å². The van der Waals surface area contributed by atoms with Crippen LogP contribution in [0.1, 0.15) is 43.4 Å². The molecule has 1 aromatic heterocycles. The minimum absolute atomic E-state index is 0.183. The Labute approximate surface area is 175 Å². The molecule has 0 bridgehead atoms. The molecule has 2 saturated heterocycles. The number of rotatable bonds is 4. The van der Waals surface area contributed by atoms with Crippen LogP contribution >= 0.6 is 23.1 Å². The van der Waals surface area contributed by atoms with Crippen LogP contribution < -0.4 is 0 Å². The van der Waals surface area contributed by atoms with Crippen molar-refractivity contribution in [2.24, 2.45) is 11.8 Å². The van der Waals surface area contributed by atoms with E-state index in [0.717, 1.165) is 30.4 Å². The van der Waals surface area contributed by atoms with Gasteiger partial charge in [0.1, 0.15) is 0 Å². The molecule has 5 nitrogen and oxygen atoms in total. The highest BCUT2D eigenvalue weighted by Gasteiger charge is 2.39. The number of aromatic nitrogens is 2. The summed E-state index contributed by atoms with van der Waals surface area (Å²) in [5, 5.41) is 7.06. The molecule has 7 heteroatoms. The molecule has 0 unspecified atom stereocenters. The summed E-state index contributed by atoms with van der Waals surface area (Å²) in [5.41, 5.74) is 2.19. The highest BCUT2D eigenvalue weighted by Crippen LogP contribution is 2.39. The number of hydrogen-bond acceptors (Lipinski definition) is 5. The van der Waals surface area contributed by atoms with E-state index in [1.54, 1.807) is 0 Å². The maximum atomic E-state index is 13.1. The average Bonchev–Trinajstić information content (AvgIpc) is 3.31. The fourth-order valence-corrected chi connectivity index (χ4v) is 5.55. The Hall–Kier alpha value is -1.50. The highest BCUT2D eigenvalue weighted by atomic mass is 35.5. The van der Waals surface area contributed by atoms with Crippen molar-refractivity contribution in [3.63, 3.8) is 0 Å². The second-order valence-corrected chi connectivity index (χ2v) is 9.58. The first-order chi connectivity index (χ1) is 13.5. The molecule has 4 atom stereocenters. The Morgan fingerprint density at radius 3 is 2.43 bits per heavy atom. The van der Waals surface area contributed by atoms with Crippen molar-refractivity contribution in [3.05, 3.63) is 45.9 Å². The van der Waals surface area contributed by atoms with Crippen LogP contribution in [0, 0.1) is 11.8 Å². The van der Waals surface area contributed by atoms with E-state index < -0.39 is 0 Å². The molecule has 0 N–H and O–H groups in total. The second-order valence-electron chi connectivity index (χ2n) is 8.53. The summed E-state index contributed by atoms with van der Waals surface area (Å²) in [7, 11) is 0. The van der Waals surface area contributed by atoms with Gasteiger partial charge in [0.05, 0.1) is 12.2 Å². The van der Waals surface area contributed by atoms with Crippen LogP contribution in [0.5, 0.6) is 0 Å². The van der Waals surface area contributed by atoms with Crippen LogP contribution in [0.4, 0.5) is 0 Å².